The van der Waals surface area contributed by atoms with Crippen LogP contribution in [0.4, 0.5) is 4.79 Å². The van der Waals surface area contributed by atoms with Crippen LogP contribution in [0.25, 0.3) is 0 Å². The van der Waals surface area contributed by atoms with Crippen molar-refractivity contribution in [2.75, 3.05) is 13.6 Å². The summed E-state index contributed by atoms with van der Waals surface area (Å²) in [5.41, 5.74) is 3.73. The van der Waals surface area contributed by atoms with Gasteiger partial charge in [-0.25, -0.2) is 4.79 Å². The van der Waals surface area contributed by atoms with E-state index in [0.717, 1.165) is 18.4 Å². The van der Waals surface area contributed by atoms with Gasteiger partial charge in [0.1, 0.15) is 0 Å². The Morgan fingerprint density at radius 3 is 2.52 bits per heavy atom. The Morgan fingerprint density at radius 2 is 1.76 bits per heavy atom. The number of rotatable bonds is 6. The standard InChI is InChI=1S/C24H31N3O2/c1-24(2)15-13-21(19-11-7-8-12-20(19)24)26-22(28)14-16-25-23(29)27(3)17-18-9-5-4-6-10-18/h4-12,21H,13-17H2,1-3H3,(H,25,29)(H,26,28). The first-order valence-electron chi connectivity index (χ1n) is 10.3. The van der Waals surface area contributed by atoms with Gasteiger partial charge < -0.3 is 15.5 Å². The van der Waals surface area contributed by atoms with Gasteiger partial charge in [0.15, 0.2) is 0 Å². The van der Waals surface area contributed by atoms with Crippen molar-refractivity contribution in [3.63, 3.8) is 0 Å². The van der Waals surface area contributed by atoms with Crippen LogP contribution in [0.2, 0.25) is 0 Å². The largest absolute Gasteiger partial charge is 0.349 e. The highest BCUT2D eigenvalue weighted by Gasteiger charge is 2.32. The molecule has 0 fully saturated rings. The summed E-state index contributed by atoms with van der Waals surface area (Å²) in [7, 11) is 1.75. The molecule has 0 radical (unpaired) electrons. The average Bonchev–Trinajstić information content (AvgIpc) is 2.71. The van der Waals surface area contributed by atoms with Crippen LogP contribution < -0.4 is 10.6 Å². The van der Waals surface area contributed by atoms with Gasteiger partial charge in [-0.3, -0.25) is 4.79 Å². The molecule has 0 heterocycles. The molecule has 0 bridgehead atoms. The van der Waals surface area contributed by atoms with Crippen LogP contribution in [0.3, 0.4) is 0 Å². The topological polar surface area (TPSA) is 61.4 Å². The van der Waals surface area contributed by atoms with Crippen molar-refractivity contribution in [3.05, 3.63) is 71.3 Å². The van der Waals surface area contributed by atoms with E-state index in [2.05, 4.69) is 42.7 Å². The van der Waals surface area contributed by atoms with Gasteiger partial charge in [0.05, 0.1) is 6.04 Å². The van der Waals surface area contributed by atoms with E-state index in [0.29, 0.717) is 13.1 Å². The lowest BCUT2D eigenvalue weighted by Crippen LogP contribution is -2.40. The van der Waals surface area contributed by atoms with E-state index in [1.165, 1.54) is 11.1 Å². The third-order valence-corrected chi connectivity index (χ3v) is 5.70. The number of nitrogens with one attached hydrogen (secondary N) is 2. The quantitative estimate of drug-likeness (QED) is 0.775. The molecular formula is C24H31N3O2. The van der Waals surface area contributed by atoms with Crippen LogP contribution in [0.5, 0.6) is 0 Å². The number of carbonyl (C=O) groups excluding carboxylic acids is 2. The Balaban J connectivity index is 1.46. The molecule has 0 spiro atoms. The summed E-state index contributed by atoms with van der Waals surface area (Å²) in [4.78, 5) is 26.3. The van der Waals surface area contributed by atoms with E-state index in [9.17, 15) is 9.59 Å². The van der Waals surface area contributed by atoms with Gasteiger partial charge in [-0.15, -0.1) is 0 Å². The van der Waals surface area contributed by atoms with Crippen molar-refractivity contribution in [1.82, 2.24) is 15.5 Å². The summed E-state index contributed by atoms with van der Waals surface area (Å²) in [5.74, 6) is -0.0319. The van der Waals surface area contributed by atoms with Gasteiger partial charge in [-0.05, 0) is 34.9 Å². The first-order chi connectivity index (χ1) is 13.9. The molecule has 2 aromatic carbocycles. The van der Waals surface area contributed by atoms with Crippen LogP contribution in [0.1, 0.15) is 55.8 Å². The number of hydrogen-bond donors (Lipinski definition) is 2. The van der Waals surface area contributed by atoms with Crippen LogP contribution in [0.15, 0.2) is 54.6 Å². The Kier molecular flexibility index (Phi) is 6.57. The fourth-order valence-electron chi connectivity index (χ4n) is 3.98. The molecule has 1 unspecified atom stereocenters. The molecule has 0 saturated carbocycles. The number of carbonyl (C=O) groups is 2. The van der Waals surface area contributed by atoms with E-state index in [1.807, 2.05) is 36.4 Å². The van der Waals surface area contributed by atoms with E-state index in [1.54, 1.807) is 11.9 Å². The minimum atomic E-state index is -0.175. The zero-order chi connectivity index (χ0) is 20.9. The molecule has 154 valence electrons. The predicted octanol–water partition coefficient (Wildman–Crippen LogP) is 4.15. The van der Waals surface area contributed by atoms with E-state index in [4.69, 9.17) is 0 Å². The molecule has 2 aromatic rings. The smallest absolute Gasteiger partial charge is 0.317 e. The van der Waals surface area contributed by atoms with Crippen LogP contribution in [-0.2, 0) is 16.8 Å². The second-order valence-corrected chi connectivity index (χ2v) is 8.45. The lowest BCUT2D eigenvalue weighted by Gasteiger charge is -2.37. The molecule has 5 nitrogen and oxygen atoms in total. The summed E-state index contributed by atoms with van der Waals surface area (Å²) in [6.45, 7) is 5.37. The first-order valence-corrected chi connectivity index (χ1v) is 10.3. The number of fused-ring (bicyclic) bond motifs is 1. The maximum atomic E-state index is 12.4. The second-order valence-electron chi connectivity index (χ2n) is 8.45. The lowest BCUT2D eigenvalue weighted by atomic mass is 9.71. The molecule has 2 N–H and O–H groups in total. The Bertz CT molecular complexity index is 848. The van der Waals surface area contributed by atoms with Gasteiger partial charge in [0, 0.05) is 26.6 Å². The SMILES string of the molecule is CN(Cc1ccccc1)C(=O)NCCC(=O)NC1CCC(C)(C)c2ccccc21. The van der Waals surface area contributed by atoms with Crippen molar-refractivity contribution < 1.29 is 9.59 Å². The van der Waals surface area contributed by atoms with Gasteiger partial charge in [-0.2, -0.15) is 0 Å². The minimum Gasteiger partial charge on any atom is -0.349 e. The highest BCUT2D eigenvalue weighted by Crippen LogP contribution is 2.41. The molecule has 29 heavy (non-hydrogen) atoms. The minimum absolute atomic E-state index is 0.0319. The van der Waals surface area contributed by atoms with Gasteiger partial charge >= 0.3 is 6.03 Å². The summed E-state index contributed by atoms with van der Waals surface area (Å²) in [6, 6.07) is 18.1. The first kappa shape index (κ1) is 20.9. The average molecular weight is 394 g/mol. The highest BCUT2D eigenvalue weighted by atomic mass is 16.2. The third kappa shape index (κ3) is 5.37. The normalized spacial score (nSPS) is 17.1. The van der Waals surface area contributed by atoms with Crippen molar-refractivity contribution >= 4 is 11.9 Å². The number of nitrogens with zero attached hydrogens (tertiary/aromatic N) is 1. The third-order valence-electron chi connectivity index (χ3n) is 5.70. The van der Waals surface area contributed by atoms with Crippen molar-refractivity contribution in [2.45, 2.75) is 51.1 Å². The molecule has 3 amide bonds. The fourth-order valence-corrected chi connectivity index (χ4v) is 3.98. The van der Waals surface area contributed by atoms with Gasteiger partial charge in [0.2, 0.25) is 5.91 Å². The van der Waals surface area contributed by atoms with Crippen LogP contribution in [0, 0.1) is 0 Å². The number of urea groups is 1. The van der Waals surface area contributed by atoms with E-state index >= 15 is 0 Å². The predicted molar refractivity (Wildman–Crippen MR) is 116 cm³/mol. The number of amides is 3. The monoisotopic (exact) mass is 393 g/mol. The second kappa shape index (κ2) is 9.12. The molecular weight excluding hydrogens is 362 g/mol. The maximum Gasteiger partial charge on any atom is 0.317 e. The van der Waals surface area contributed by atoms with E-state index < -0.39 is 0 Å². The molecule has 0 aromatic heterocycles. The highest BCUT2D eigenvalue weighted by molar-refractivity contribution is 5.78. The number of hydrogen-bond acceptors (Lipinski definition) is 2. The molecule has 5 heteroatoms. The summed E-state index contributed by atoms with van der Waals surface area (Å²) < 4.78 is 0. The van der Waals surface area contributed by atoms with Crippen molar-refractivity contribution in [2.24, 2.45) is 0 Å². The molecule has 1 aliphatic rings. The Morgan fingerprint density at radius 1 is 1.07 bits per heavy atom. The molecule has 0 aliphatic heterocycles. The van der Waals surface area contributed by atoms with Crippen molar-refractivity contribution in [1.29, 1.82) is 0 Å². The van der Waals surface area contributed by atoms with Gasteiger partial charge in [-0.1, -0.05) is 68.4 Å². The lowest BCUT2D eigenvalue weighted by molar-refractivity contribution is -0.121. The van der Waals surface area contributed by atoms with Gasteiger partial charge in [0.25, 0.3) is 0 Å². The van der Waals surface area contributed by atoms with Crippen LogP contribution in [-0.4, -0.2) is 30.4 Å². The van der Waals surface area contributed by atoms with Crippen LogP contribution >= 0.6 is 0 Å². The summed E-state index contributed by atoms with van der Waals surface area (Å²) >= 11 is 0. The molecule has 3 rings (SSSR count). The van der Waals surface area contributed by atoms with Crippen molar-refractivity contribution in [3.8, 4) is 0 Å². The maximum absolute atomic E-state index is 12.4. The fraction of sp³-hybridized carbons (Fsp3) is 0.417. The zero-order valence-corrected chi connectivity index (χ0v) is 17.6. The van der Waals surface area contributed by atoms with E-state index in [-0.39, 0.29) is 29.8 Å². The Labute approximate surface area is 173 Å². The number of benzene rings is 2. The molecule has 1 atom stereocenters. The molecule has 1 aliphatic carbocycles. The molecule has 0 saturated heterocycles. The summed E-state index contributed by atoms with van der Waals surface area (Å²) in [6.07, 6.45) is 2.24. The summed E-state index contributed by atoms with van der Waals surface area (Å²) in [5, 5.41) is 5.98. The zero-order valence-electron chi connectivity index (χ0n) is 17.6. The Hall–Kier alpha value is -2.82.